The Bertz CT molecular complexity index is 839. The van der Waals surface area contributed by atoms with Crippen LogP contribution in [0, 0.1) is 0 Å². The number of ether oxygens (including phenoxy) is 4. The van der Waals surface area contributed by atoms with E-state index >= 15 is 0 Å². The van der Waals surface area contributed by atoms with Gasteiger partial charge in [-0.25, -0.2) is 0 Å². The summed E-state index contributed by atoms with van der Waals surface area (Å²) in [5.41, 5.74) is 3.24. The highest BCUT2D eigenvalue weighted by Crippen LogP contribution is 2.33. The highest BCUT2D eigenvalue weighted by atomic mass is 16.7. The number of hydrogen-bond acceptors (Lipinski definition) is 5. The molecule has 3 aromatic rings. The Kier molecular flexibility index (Phi) is 8.44. The van der Waals surface area contributed by atoms with Gasteiger partial charge in [0.05, 0.1) is 11.6 Å². The smallest absolute Gasteiger partial charge is 0.196 e. The Hall–Kier alpha value is -2.89. The lowest BCUT2D eigenvalue weighted by atomic mass is 9.88. The van der Waals surface area contributed by atoms with Gasteiger partial charge in [-0.15, -0.1) is 0 Å². The van der Waals surface area contributed by atoms with Crippen molar-refractivity contribution >= 4 is 0 Å². The second-order valence-corrected chi connectivity index (χ2v) is 7.11. The van der Waals surface area contributed by atoms with Gasteiger partial charge in [0.1, 0.15) is 11.5 Å². The molecule has 2 unspecified atom stereocenters. The molecular formula is C26H31NO4. The van der Waals surface area contributed by atoms with Gasteiger partial charge in [-0.1, -0.05) is 30.3 Å². The fraction of sp³-hybridized carbons (Fsp3) is 0.346. The quantitative estimate of drug-likeness (QED) is 0.367. The molecule has 0 amide bonds. The number of rotatable bonds is 11. The zero-order valence-electron chi connectivity index (χ0n) is 18.7. The molecule has 0 N–H and O–H groups in total. The van der Waals surface area contributed by atoms with Crippen LogP contribution in [0.1, 0.15) is 50.4 Å². The third kappa shape index (κ3) is 6.54. The van der Waals surface area contributed by atoms with Crippen LogP contribution in [0.5, 0.6) is 11.5 Å². The maximum absolute atomic E-state index is 5.81. The Morgan fingerprint density at radius 1 is 0.677 bits per heavy atom. The van der Waals surface area contributed by atoms with Gasteiger partial charge in [0, 0.05) is 19.4 Å². The lowest BCUT2D eigenvalue weighted by Gasteiger charge is -2.20. The van der Waals surface area contributed by atoms with Gasteiger partial charge in [0.15, 0.2) is 12.6 Å². The lowest BCUT2D eigenvalue weighted by molar-refractivity contribution is -0.0616. The third-order valence-electron chi connectivity index (χ3n) is 4.82. The summed E-state index contributed by atoms with van der Waals surface area (Å²) in [6.45, 7) is 8.92. The van der Waals surface area contributed by atoms with Gasteiger partial charge in [-0.3, -0.25) is 4.98 Å². The lowest BCUT2D eigenvalue weighted by Crippen LogP contribution is -2.16. The van der Waals surface area contributed by atoms with Crippen molar-refractivity contribution in [3.63, 3.8) is 0 Å². The molecule has 2 aromatic carbocycles. The van der Waals surface area contributed by atoms with Crippen molar-refractivity contribution in [2.24, 2.45) is 0 Å². The van der Waals surface area contributed by atoms with Gasteiger partial charge in [-0.05, 0) is 75.2 Å². The van der Waals surface area contributed by atoms with E-state index in [1.165, 1.54) is 0 Å². The van der Waals surface area contributed by atoms with Crippen LogP contribution >= 0.6 is 0 Å². The maximum atomic E-state index is 5.81. The molecule has 0 saturated heterocycles. The first kappa shape index (κ1) is 22.8. The first-order valence-corrected chi connectivity index (χ1v) is 10.8. The minimum Gasteiger partial charge on any atom is -0.465 e. The minimum atomic E-state index is -0.283. The van der Waals surface area contributed by atoms with Crippen LogP contribution in [-0.4, -0.2) is 30.8 Å². The molecule has 0 saturated carbocycles. The summed E-state index contributed by atoms with van der Waals surface area (Å²) in [6.07, 6.45) is 1.26. The Morgan fingerprint density at radius 2 is 1.16 bits per heavy atom. The van der Waals surface area contributed by atoms with Gasteiger partial charge >= 0.3 is 0 Å². The topological polar surface area (TPSA) is 49.8 Å². The first-order valence-electron chi connectivity index (χ1n) is 10.8. The van der Waals surface area contributed by atoms with Crippen molar-refractivity contribution in [1.29, 1.82) is 0 Å². The molecule has 0 radical (unpaired) electrons. The monoisotopic (exact) mass is 421 g/mol. The van der Waals surface area contributed by atoms with Crippen molar-refractivity contribution in [1.82, 2.24) is 4.98 Å². The molecule has 3 rings (SSSR count). The molecular weight excluding hydrogens is 390 g/mol. The average Bonchev–Trinajstić information content (AvgIpc) is 2.77. The first-order chi connectivity index (χ1) is 15.1. The van der Waals surface area contributed by atoms with E-state index in [1.807, 2.05) is 76.4 Å². The van der Waals surface area contributed by atoms with E-state index in [0.717, 1.165) is 28.3 Å². The predicted molar refractivity (Wildman–Crippen MR) is 121 cm³/mol. The molecule has 164 valence electrons. The van der Waals surface area contributed by atoms with Gasteiger partial charge in [0.25, 0.3) is 0 Å². The fourth-order valence-electron chi connectivity index (χ4n) is 3.48. The molecule has 1 aromatic heterocycles. The number of benzene rings is 2. The van der Waals surface area contributed by atoms with Crippen LogP contribution in [0.25, 0.3) is 0 Å². The van der Waals surface area contributed by atoms with E-state index in [4.69, 9.17) is 18.9 Å². The van der Waals surface area contributed by atoms with Crippen LogP contribution in [0.3, 0.4) is 0 Å². The summed E-state index contributed by atoms with van der Waals surface area (Å²) < 4.78 is 22.5. The summed E-state index contributed by atoms with van der Waals surface area (Å²) in [7, 11) is 0. The van der Waals surface area contributed by atoms with E-state index in [2.05, 4.69) is 29.2 Å². The molecule has 0 aliphatic heterocycles. The molecule has 0 fully saturated rings. The molecule has 31 heavy (non-hydrogen) atoms. The Labute approximate surface area is 185 Å². The van der Waals surface area contributed by atoms with E-state index in [1.54, 1.807) is 0 Å². The summed E-state index contributed by atoms with van der Waals surface area (Å²) in [5.74, 6) is 1.55. The highest BCUT2D eigenvalue weighted by molar-refractivity contribution is 5.43. The number of aromatic nitrogens is 1. The average molecular weight is 422 g/mol. The van der Waals surface area contributed by atoms with Crippen molar-refractivity contribution in [3.8, 4) is 11.5 Å². The van der Waals surface area contributed by atoms with Crippen molar-refractivity contribution < 1.29 is 18.9 Å². The van der Waals surface area contributed by atoms with Crippen LogP contribution in [0.2, 0.25) is 0 Å². The van der Waals surface area contributed by atoms with E-state index in [-0.39, 0.29) is 18.5 Å². The van der Waals surface area contributed by atoms with Crippen molar-refractivity contribution in [2.45, 2.75) is 46.2 Å². The number of pyridine rings is 1. The van der Waals surface area contributed by atoms with Crippen LogP contribution < -0.4 is 9.47 Å². The van der Waals surface area contributed by atoms with Crippen molar-refractivity contribution in [2.75, 3.05) is 13.2 Å². The molecule has 0 spiro atoms. The zero-order valence-corrected chi connectivity index (χ0v) is 18.7. The SMILES string of the molecule is CCOC(C)Oc1ccc(C(c2ccc(OC(C)OCC)cc2)c2ccccn2)cc1. The second-order valence-electron chi connectivity index (χ2n) is 7.11. The number of nitrogens with zero attached hydrogens (tertiary/aromatic N) is 1. The standard InChI is InChI=1S/C26H31NO4/c1-5-28-19(3)30-23-14-10-21(11-15-23)26(25-9-7-8-18-27-25)22-12-16-24(17-13-22)31-20(4)29-6-2/h7-20,26H,5-6H2,1-4H3. The minimum absolute atomic E-state index is 0.00192. The molecule has 5 nitrogen and oxygen atoms in total. The summed E-state index contributed by atoms with van der Waals surface area (Å²) in [5, 5.41) is 0. The molecule has 5 heteroatoms. The summed E-state index contributed by atoms with van der Waals surface area (Å²) >= 11 is 0. The third-order valence-corrected chi connectivity index (χ3v) is 4.82. The predicted octanol–water partition coefficient (Wildman–Crippen LogP) is 5.78. The Morgan fingerprint density at radius 3 is 1.55 bits per heavy atom. The molecule has 0 bridgehead atoms. The molecule has 2 atom stereocenters. The number of hydrogen-bond donors (Lipinski definition) is 0. The summed E-state index contributed by atoms with van der Waals surface area (Å²) in [4.78, 5) is 4.62. The maximum Gasteiger partial charge on any atom is 0.196 e. The fourth-order valence-corrected chi connectivity index (χ4v) is 3.48. The van der Waals surface area contributed by atoms with Gasteiger partial charge < -0.3 is 18.9 Å². The molecule has 0 aliphatic rings. The summed E-state index contributed by atoms with van der Waals surface area (Å²) in [6, 6.07) is 22.2. The van der Waals surface area contributed by atoms with E-state index in [0.29, 0.717) is 13.2 Å². The molecule has 0 aliphatic carbocycles. The second kappa shape index (κ2) is 11.5. The van der Waals surface area contributed by atoms with Crippen LogP contribution in [0.15, 0.2) is 72.9 Å². The van der Waals surface area contributed by atoms with Gasteiger partial charge in [-0.2, -0.15) is 0 Å². The van der Waals surface area contributed by atoms with Gasteiger partial charge in [0.2, 0.25) is 0 Å². The van der Waals surface area contributed by atoms with E-state index in [9.17, 15) is 0 Å². The normalized spacial score (nSPS) is 13.9. The highest BCUT2D eigenvalue weighted by Gasteiger charge is 2.18. The van der Waals surface area contributed by atoms with Crippen LogP contribution in [-0.2, 0) is 9.47 Å². The van der Waals surface area contributed by atoms with E-state index < -0.39 is 0 Å². The zero-order chi connectivity index (χ0) is 22.1. The molecule has 1 heterocycles. The largest absolute Gasteiger partial charge is 0.465 e. The van der Waals surface area contributed by atoms with Crippen LogP contribution in [0.4, 0.5) is 0 Å². The Balaban J connectivity index is 1.84. The van der Waals surface area contributed by atoms with Crippen molar-refractivity contribution in [3.05, 3.63) is 89.7 Å².